The Kier molecular flexibility index (Phi) is 14.7. The van der Waals surface area contributed by atoms with Gasteiger partial charge in [-0.25, -0.2) is 8.42 Å². The molecule has 1 saturated carbocycles. The molecule has 3 N–H and O–H groups in total. The molecule has 1 aromatic heterocycles. The minimum atomic E-state index is -3.71. The fourth-order valence-corrected chi connectivity index (χ4v) is 7.79. The van der Waals surface area contributed by atoms with E-state index in [9.17, 15) is 22.8 Å². The Hall–Kier alpha value is -4.87. The fraction of sp³-hybridized carbons (Fsp3) is 0.409. The standard InChI is InChI=1S/C44H55N5O5S/c1-31(35-20-12-7-13-21-35)47-43(51)37-26-38(28-40(27-37)49(3)55(4,53)54)44(52)48-39(25-34-18-10-6-11-19-34)30-46-32(2)42(50)29-36(41-22-14-15-23-45-41)24-33-16-8-5-9-17-33/h6-7,10-15,18-23,26-28,31-33,36,39,46H,5,8-9,16-17,24-25,29-30H2,1-4H3,(H,47,51)(H,48,52)/t31-,32+,36?,39+/m1/s1. The summed E-state index contributed by atoms with van der Waals surface area (Å²) in [5.41, 5.74) is 3.31. The van der Waals surface area contributed by atoms with Crippen LogP contribution >= 0.6 is 0 Å². The highest BCUT2D eigenvalue weighted by molar-refractivity contribution is 7.92. The number of ketones is 1. The molecule has 1 fully saturated rings. The van der Waals surface area contributed by atoms with Crippen molar-refractivity contribution in [3.63, 3.8) is 0 Å². The van der Waals surface area contributed by atoms with Gasteiger partial charge in [0.15, 0.2) is 0 Å². The predicted molar refractivity (Wildman–Crippen MR) is 219 cm³/mol. The third kappa shape index (κ3) is 12.3. The molecule has 0 radical (unpaired) electrons. The summed E-state index contributed by atoms with van der Waals surface area (Å²) in [5.74, 6) is -0.194. The first kappa shape index (κ1) is 41.3. The van der Waals surface area contributed by atoms with Gasteiger partial charge in [-0.2, -0.15) is 0 Å². The van der Waals surface area contributed by atoms with Crippen molar-refractivity contribution in [3.8, 4) is 0 Å². The van der Waals surface area contributed by atoms with Crippen molar-refractivity contribution >= 4 is 33.3 Å². The number of rotatable bonds is 18. The quantitative estimate of drug-likeness (QED) is 0.0993. The molecular weight excluding hydrogens is 711 g/mol. The van der Waals surface area contributed by atoms with Crippen molar-refractivity contribution in [3.05, 3.63) is 131 Å². The topological polar surface area (TPSA) is 138 Å². The van der Waals surface area contributed by atoms with E-state index >= 15 is 0 Å². The maximum Gasteiger partial charge on any atom is 0.251 e. The van der Waals surface area contributed by atoms with Crippen LogP contribution in [0.5, 0.6) is 0 Å². The second kappa shape index (κ2) is 19.6. The number of pyridine rings is 1. The van der Waals surface area contributed by atoms with Crippen LogP contribution in [0.3, 0.4) is 0 Å². The lowest BCUT2D eigenvalue weighted by Gasteiger charge is -2.27. The SMILES string of the molecule is C[C@H](NC[C@H](Cc1ccccc1)NC(=O)c1cc(C(=O)N[C@H](C)c2ccccc2)cc(N(C)S(C)(=O)=O)c1)C(=O)CC(CC1CCCCC1)c1ccccn1. The van der Waals surface area contributed by atoms with Gasteiger partial charge in [0.2, 0.25) is 10.0 Å². The molecule has 1 unspecified atom stereocenters. The van der Waals surface area contributed by atoms with Crippen molar-refractivity contribution in [2.45, 2.75) is 89.3 Å². The Balaban J connectivity index is 1.33. The Morgan fingerprint density at radius 1 is 0.818 bits per heavy atom. The molecule has 2 amide bonds. The van der Waals surface area contributed by atoms with Crippen LogP contribution in [-0.2, 0) is 21.2 Å². The number of benzene rings is 3. The summed E-state index contributed by atoms with van der Waals surface area (Å²) in [6.07, 6.45) is 10.8. The van der Waals surface area contributed by atoms with Crippen LogP contribution in [0.4, 0.5) is 5.69 Å². The molecule has 0 aliphatic heterocycles. The molecule has 5 rings (SSSR count). The highest BCUT2D eigenvalue weighted by Crippen LogP contribution is 2.34. The highest BCUT2D eigenvalue weighted by atomic mass is 32.2. The van der Waals surface area contributed by atoms with Crippen LogP contribution in [0.15, 0.2) is 103 Å². The van der Waals surface area contributed by atoms with Crippen molar-refractivity contribution < 1.29 is 22.8 Å². The first-order valence-electron chi connectivity index (χ1n) is 19.3. The van der Waals surface area contributed by atoms with E-state index in [1.165, 1.54) is 57.4 Å². The molecule has 1 aliphatic rings. The molecule has 0 saturated heterocycles. The maximum absolute atomic E-state index is 14.0. The van der Waals surface area contributed by atoms with Crippen molar-refractivity contribution in [2.24, 2.45) is 5.92 Å². The summed E-state index contributed by atoms with van der Waals surface area (Å²) in [7, 11) is -2.32. The molecule has 4 aromatic rings. The molecule has 0 spiro atoms. The largest absolute Gasteiger partial charge is 0.348 e. The van der Waals surface area contributed by atoms with Crippen LogP contribution in [0.25, 0.3) is 0 Å². The molecule has 292 valence electrons. The zero-order valence-electron chi connectivity index (χ0n) is 32.4. The molecule has 4 atom stereocenters. The molecule has 1 aliphatic carbocycles. The van der Waals surface area contributed by atoms with Gasteiger partial charge in [-0.3, -0.25) is 23.7 Å². The molecule has 1 heterocycles. The third-order valence-electron chi connectivity index (χ3n) is 10.7. The highest BCUT2D eigenvalue weighted by Gasteiger charge is 2.27. The van der Waals surface area contributed by atoms with Gasteiger partial charge in [-0.15, -0.1) is 0 Å². The van der Waals surface area contributed by atoms with Gasteiger partial charge >= 0.3 is 0 Å². The second-order valence-corrected chi connectivity index (χ2v) is 17.0. The van der Waals surface area contributed by atoms with Gasteiger partial charge in [0.25, 0.3) is 11.8 Å². The summed E-state index contributed by atoms with van der Waals surface area (Å²) in [5, 5.41) is 9.47. The van der Waals surface area contributed by atoms with Crippen LogP contribution < -0.4 is 20.3 Å². The number of carbonyl (C=O) groups excluding carboxylic acids is 3. The molecule has 3 aromatic carbocycles. The lowest BCUT2D eigenvalue weighted by molar-refractivity contribution is -0.121. The number of Topliss-reactive ketones (excluding diaryl/α,β-unsaturated/α-hetero) is 1. The van der Waals surface area contributed by atoms with Crippen LogP contribution in [-0.4, -0.2) is 62.9 Å². The summed E-state index contributed by atoms with van der Waals surface area (Å²) in [4.78, 5) is 46.0. The summed E-state index contributed by atoms with van der Waals surface area (Å²) in [6, 6.07) is 28.3. The number of nitrogens with zero attached hydrogens (tertiary/aromatic N) is 2. The number of aromatic nitrogens is 1. The van der Waals surface area contributed by atoms with Gasteiger partial charge < -0.3 is 16.0 Å². The van der Waals surface area contributed by atoms with E-state index in [1.54, 1.807) is 6.20 Å². The van der Waals surface area contributed by atoms with Gasteiger partial charge in [-0.1, -0.05) is 98.8 Å². The molecule has 55 heavy (non-hydrogen) atoms. The van der Waals surface area contributed by atoms with Gasteiger partial charge in [0.05, 0.1) is 24.0 Å². The Bertz CT molecular complexity index is 1970. The number of nitrogens with one attached hydrogen (secondary N) is 3. The Labute approximate surface area is 326 Å². The smallest absolute Gasteiger partial charge is 0.251 e. The fourth-order valence-electron chi connectivity index (χ4n) is 7.30. The van der Waals surface area contributed by atoms with Crippen molar-refractivity contribution in [1.82, 2.24) is 20.9 Å². The summed E-state index contributed by atoms with van der Waals surface area (Å²) < 4.78 is 26.2. The normalized spacial score (nSPS) is 15.6. The molecule has 11 heteroatoms. The van der Waals surface area contributed by atoms with Crippen molar-refractivity contribution in [2.75, 3.05) is 24.2 Å². The van der Waals surface area contributed by atoms with Gasteiger partial charge in [-0.05, 0) is 74.1 Å². The van der Waals surface area contributed by atoms with E-state index in [4.69, 9.17) is 0 Å². The average Bonchev–Trinajstić information content (AvgIpc) is 3.20. The maximum atomic E-state index is 14.0. The first-order chi connectivity index (χ1) is 26.4. The van der Waals surface area contributed by atoms with E-state index in [-0.39, 0.29) is 34.6 Å². The Morgan fingerprint density at radius 3 is 2.05 bits per heavy atom. The summed E-state index contributed by atoms with van der Waals surface area (Å²) in [6.45, 7) is 4.02. The molecular formula is C44H55N5O5S. The Morgan fingerprint density at radius 2 is 1.44 bits per heavy atom. The minimum Gasteiger partial charge on any atom is -0.348 e. The monoisotopic (exact) mass is 765 g/mol. The molecule has 0 bridgehead atoms. The number of anilines is 1. The van der Waals surface area contributed by atoms with E-state index in [0.29, 0.717) is 25.3 Å². The van der Waals surface area contributed by atoms with E-state index < -0.39 is 33.9 Å². The first-order valence-corrected chi connectivity index (χ1v) is 21.2. The van der Waals surface area contributed by atoms with Crippen molar-refractivity contribution in [1.29, 1.82) is 0 Å². The van der Waals surface area contributed by atoms with Crippen LogP contribution in [0, 0.1) is 5.92 Å². The zero-order valence-corrected chi connectivity index (χ0v) is 33.2. The number of sulfonamides is 1. The number of amides is 2. The third-order valence-corrected chi connectivity index (χ3v) is 11.9. The zero-order chi connectivity index (χ0) is 39.4. The number of hydrogen-bond acceptors (Lipinski definition) is 7. The van der Waals surface area contributed by atoms with Gasteiger partial charge in [0.1, 0.15) is 5.78 Å². The second-order valence-electron chi connectivity index (χ2n) is 15.0. The van der Waals surface area contributed by atoms with Crippen LogP contribution in [0.1, 0.15) is 108 Å². The molecule has 10 nitrogen and oxygen atoms in total. The van der Waals surface area contributed by atoms with E-state index in [1.807, 2.05) is 92.7 Å². The average molecular weight is 766 g/mol. The van der Waals surface area contributed by atoms with E-state index in [0.717, 1.165) is 33.8 Å². The predicted octanol–water partition coefficient (Wildman–Crippen LogP) is 7.00. The number of hydrogen-bond donors (Lipinski definition) is 3. The van der Waals surface area contributed by atoms with E-state index in [2.05, 4.69) is 20.9 Å². The lowest BCUT2D eigenvalue weighted by atomic mass is 9.80. The number of carbonyl (C=O) groups is 3. The summed E-state index contributed by atoms with van der Waals surface area (Å²) >= 11 is 0. The van der Waals surface area contributed by atoms with Gasteiger partial charge in [0, 0.05) is 55.0 Å². The lowest BCUT2D eigenvalue weighted by Crippen LogP contribution is -2.47. The minimum absolute atomic E-state index is 0.0419. The van der Waals surface area contributed by atoms with Crippen LogP contribution in [0.2, 0.25) is 0 Å².